The van der Waals surface area contributed by atoms with Crippen LogP contribution in [0.1, 0.15) is 99.1 Å². The van der Waals surface area contributed by atoms with Crippen LogP contribution in [-0.2, 0) is 30.3 Å². The average molecular weight is 854 g/mol. The number of aryl methyl sites for hydroxylation is 1. The maximum absolute atomic E-state index is 12.2. The number of nitrogens with zero attached hydrogens (tertiary/aromatic N) is 2. The van der Waals surface area contributed by atoms with Gasteiger partial charge in [-0.25, -0.2) is 4.98 Å². The molecular weight excluding hydrogens is 805 g/mol. The summed E-state index contributed by atoms with van der Waals surface area (Å²) >= 11 is 1.67. The summed E-state index contributed by atoms with van der Waals surface area (Å²) in [5.74, 6) is 0.286. The summed E-state index contributed by atoms with van der Waals surface area (Å²) in [4.78, 5) is 22.5. The molecule has 0 bridgehead atoms. The van der Waals surface area contributed by atoms with Gasteiger partial charge in [0.1, 0.15) is 16.9 Å². The minimum Gasteiger partial charge on any atom is -0.512 e. The van der Waals surface area contributed by atoms with Crippen LogP contribution >= 0.6 is 11.3 Å². The Balaban J connectivity index is 0.000000260. The van der Waals surface area contributed by atoms with Crippen molar-refractivity contribution in [2.24, 2.45) is 10.8 Å². The minimum atomic E-state index is -0.337. The summed E-state index contributed by atoms with van der Waals surface area (Å²) in [5, 5.41) is 15.9. The molecule has 0 atom stereocenters. The number of aromatic nitrogens is 2. The number of allylic oxidation sites excluding steroid dienone is 2. The van der Waals surface area contributed by atoms with E-state index in [9.17, 15) is 9.90 Å². The van der Waals surface area contributed by atoms with Crippen molar-refractivity contribution in [3.05, 3.63) is 84.1 Å². The van der Waals surface area contributed by atoms with E-state index in [0.29, 0.717) is 0 Å². The fourth-order valence-electron chi connectivity index (χ4n) is 6.15. The Hall–Kier alpha value is -3.38. The number of rotatable bonds is 8. The van der Waals surface area contributed by atoms with Gasteiger partial charge in [-0.15, -0.1) is 40.5 Å². The standard InChI is InChI=1S/C27H21N2OS.C15H28O2.Ir/c1-15-13-30-24-18(15)9-10-20-22-23(28-14-29-26(22)31-25(20)24)17-11-16-7-5-6-8-19(16)21(12-17)27(2,3)4;1-7-14(5,8-2)12(16)11-13(17)15(6,9-3)10-4;/h5-10,12-14H,1-4H3;11,16H,7-10H2,1-6H3;/q-1;;/b;12-11-;. The van der Waals surface area contributed by atoms with Crippen molar-refractivity contribution in [1.82, 2.24) is 9.97 Å². The van der Waals surface area contributed by atoms with Gasteiger partial charge in [0.25, 0.3) is 0 Å². The molecule has 0 unspecified atom stereocenters. The predicted molar refractivity (Wildman–Crippen MR) is 203 cm³/mol. The first-order valence-corrected chi connectivity index (χ1v) is 18.0. The van der Waals surface area contributed by atoms with Crippen LogP contribution in [0.2, 0.25) is 0 Å². The van der Waals surface area contributed by atoms with Crippen molar-refractivity contribution in [3.63, 3.8) is 0 Å². The molecule has 3 aromatic heterocycles. The van der Waals surface area contributed by atoms with Crippen molar-refractivity contribution in [2.75, 3.05) is 0 Å². The van der Waals surface area contributed by atoms with Crippen LogP contribution in [0.15, 0.2) is 71.3 Å². The second-order valence-corrected chi connectivity index (χ2v) is 15.6. The molecule has 261 valence electrons. The summed E-state index contributed by atoms with van der Waals surface area (Å²) in [6.45, 7) is 20.9. The van der Waals surface area contributed by atoms with E-state index in [1.807, 2.05) is 47.8 Å². The molecule has 6 aromatic rings. The molecule has 7 heteroatoms. The number of hydrogen-bond acceptors (Lipinski definition) is 6. The van der Waals surface area contributed by atoms with Crippen molar-refractivity contribution >= 4 is 59.2 Å². The SMILES string of the molecule is CCC(C)(CC)C(=O)/C=C(\O)C(C)(CC)CC.Cc1coc2c1ccc1c2sc2ncnc(-c3[c-]c4ccccc4c(C(C)(C)C)c3)c21.[Ir]. The number of fused-ring (bicyclic) bond motifs is 6. The van der Waals surface area contributed by atoms with Gasteiger partial charge in [-0.05, 0) is 43.6 Å². The molecule has 0 aliphatic heterocycles. The summed E-state index contributed by atoms with van der Waals surface area (Å²) < 4.78 is 7.04. The van der Waals surface area contributed by atoms with Gasteiger partial charge in [0, 0.05) is 58.9 Å². The zero-order chi connectivity index (χ0) is 35.0. The van der Waals surface area contributed by atoms with E-state index >= 15 is 0 Å². The Kier molecular flexibility index (Phi) is 11.6. The van der Waals surface area contributed by atoms with Crippen molar-refractivity contribution in [1.29, 1.82) is 0 Å². The summed E-state index contributed by atoms with van der Waals surface area (Å²) in [6, 6.07) is 18.7. The number of hydrogen-bond donors (Lipinski definition) is 1. The predicted octanol–water partition coefficient (Wildman–Crippen LogP) is 12.5. The number of furan rings is 1. The smallest absolute Gasteiger partial charge is 0.164 e. The zero-order valence-electron chi connectivity index (χ0n) is 30.5. The van der Waals surface area contributed by atoms with Crippen molar-refractivity contribution in [2.45, 2.75) is 100 Å². The third kappa shape index (κ3) is 7.27. The Morgan fingerprint density at radius 2 is 1.53 bits per heavy atom. The van der Waals surface area contributed by atoms with E-state index < -0.39 is 0 Å². The molecule has 1 radical (unpaired) electrons. The van der Waals surface area contributed by atoms with Crippen LogP contribution in [0.4, 0.5) is 0 Å². The molecule has 0 saturated heterocycles. The van der Waals surface area contributed by atoms with Crippen LogP contribution in [0.5, 0.6) is 0 Å². The first-order valence-electron chi connectivity index (χ1n) is 17.2. The van der Waals surface area contributed by atoms with Gasteiger partial charge in [0.15, 0.2) is 11.4 Å². The van der Waals surface area contributed by atoms with Crippen LogP contribution in [0, 0.1) is 23.8 Å². The van der Waals surface area contributed by atoms with Crippen LogP contribution < -0.4 is 0 Å². The van der Waals surface area contributed by atoms with Crippen LogP contribution in [0.3, 0.4) is 0 Å². The second-order valence-electron chi connectivity index (χ2n) is 14.6. The van der Waals surface area contributed by atoms with Gasteiger partial charge in [-0.3, -0.25) is 9.78 Å². The number of carbonyl (C=O) groups excluding carboxylic acids is 1. The van der Waals surface area contributed by atoms with Crippen molar-refractivity contribution < 1.29 is 34.4 Å². The molecule has 0 saturated carbocycles. The Bertz CT molecular complexity index is 2140. The number of carbonyl (C=O) groups is 1. The number of aliphatic hydroxyl groups is 1. The van der Waals surface area contributed by atoms with Crippen molar-refractivity contribution in [3.8, 4) is 11.3 Å². The van der Waals surface area contributed by atoms with Gasteiger partial charge < -0.3 is 9.52 Å². The summed E-state index contributed by atoms with van der Waals surface area (Å²) in [6.07, 6.45) is 8.25. The average Bonchev–Trinajstić information content (AvgIpc) is 3.67. The molecule has 3 heterocycles. The van der Waals surface area contributed by atoms with Gasteiger partial charge in [-0.1, -0.05) is 104 Å². The monoisotopic (exact) mass is 854 g/mol. The largest absolute Gasteiger partial charge is 0.512 e. The molecule has 1 N–H and O–H groups in total. The van der Waals surface area contributed by atoms with E-state index in [1.54, 1.807) is 17.7 Å². The molecule has 5 nitrogen and oxygen atoms in total. The van der Waals surface area contributed by atoms with Crippen LogP contribution in [0.25, 0.3) is 53.3 Å². The molecule has 0 aliphatic rings. The summed E-state index contributed by atoms with van der Waals surface area (Å²) in [5.41, 5.74) is 4.72. The van der Waals surface area contributed by atoms with E-state index in [-0.39, 0.29) is 47.9 Å². The molecule has 3 aromatic carbocycles. The molecule has 49 heavy (non-hydrogen) atoms. The zero-order valence-corrected chi connectivity index (χ0v) is 33.7. The molecule has 0 fully saturated rings. The number of ketones is 1. The van der Waals surface area contributed by atoms with E-state index in [1.165, 1.54) is 17.0 Å². The Labute approximate surface area is 308 Å². The molecule has 6 rings (SSSR count). The van der Waals surface area contributed by atoms with Gasteiger partial charge in [0.05, 0.1) is 11.0 Å². The normalized spacial score (nSPS) is 12.7. The molecule has 0 spiro atoms. The third-order valence-corrected chi connectivity index (χ3v) is 11.7. The Morgan fingerprint density at radius 1 is 0.898 bits per heavy atom. The Morgan fingerprint density at radius 3 is 2.16 bits per heavy atom. The van der Waals surface area contributed by atoms with Gasteiger partial charge in [0.2, 0.25) is 0 Å². The summed E-state index contributed by atoms with van der Waals surface area (Å²) in [7, 11) is 0. The number of aliphatic hydroxyl groups excluding tert-OH is 1. The maximum atomic E-state index is 12.2. The fraction of sp³-hybridized carbons (Fsp3) is 0.405. The van der Waals surface area contributed by atoms with E-state index in [4.69, 9.17) is 9.40 Å². The number of thiophene rings is 1. The van der Waals surface area contributed by atoms with Crippen LogP contribution in [-0.4, -0.2) is 20.9 Å². The maximum Gasteiger partial charge on any atom is 0.164 e. The van der Waals surface area contributed by atoms with Gasteiger partial charge >= 0.3 is 0 Å². The topological polar surface area (TPSA) is 76.2 Å². The molecule has 0 amide bonds. The van der Waals surface area contributed by atoms with Gasteiger partial charge in [-0.2, -0.15) is 0 Å². The first-order chi connectivity index (χ1) is 22.7. The quantitative estimate of drug-likeness (QED) is 0.0938. The third-order valence-electron chi connectivity index (χ3n) is 10.6. The molecular formula is C42H49IrN2O3S-. The van der Waals surface area contributed by atoms with E-state index in [0.717, 1.165) is 79.2 Å². The first kappa shape index (κ1) is 38.4. The molecule has 0 aliphatic carbocycles. The minimum absolute atomic E-state index is 0. The number of benzene rings is 3. The second kappa shape index (κ2) is 14.8. The van der Waals surface area contributed by atoms with E-state index in [2.05, 4.69) is 81.2 Å². The fourth-order valence-corrected chi connectivity index (χ4v) is 7.28.